The molecule has 1 saturated carbocycles. The molecule has 0 amide bonds. The maximum Gasteiger partial charge on any atom is 0.0921 e. The van der Waals surface area contributed by atoms with Crippen LogP contribution in [0, 0.1) is 0 Å². The van der Waals surface area contributed by atoms with Gasteiger partial charge in [0.2, 0.25) is 0 Å². The Kier molecular flexibility index (Phi) is 0.951. The SMILES string of the molecule is C[C@]1(c2cnc[nH]2)C[C@@H]1N. The van der Waals surface area contributed by atoms with Gasteiger partial charge in [0.05, 0.1) is 6.33 Å². The zero-order valence-corrected chi connectivity index (χ0v) is 5.96. The molecule has 1 aliphatic carbocycles. The van der Waals surface area contributed by atoms with Crippen LogP contribution in [0.3, 0.4) is 0 Å². The molecule has 3 nitrogen and oxygen atoms in total. The van der Waals surface area contributed by atoms with Crippen LogP contribution in [0.4, 0.5) is 0 Å². The van der Waals surface area contributed by atoms with E-state index in [-0.39, 0.29) is 5.41 Å². The van der Waals surface area contributed by atoms with E-state index in [1.54, 1.807) is 6.33 Å². The van der Waals surface area contributed by atoms with Gasteiger partial charge in [-0.3, -0.25) is 0 Å². The van der Waals surface area contributed by atoms with Gasteiger partial charge in [-0.05, 0) is 6.42 Å². The van der Waals surface area contributed by atoms with E-state index in [1.807, 2.05) is 6.20 Å². The molecule has 54 valence electrons. The molecule has 0 spiro atoms. The fourth-order valence-corrected chi connectivity index (χ4v) is 1.28. The zero-order valence-electron chi connectivity index (χ0n) is 5.96. The van der Waals surface area contributed by atoms with E-state index < -0.39 is 0 Å². The number of nitrogens with zero attached hydrogens (tertiary/aromatic N) is 1. The molecule has 3 N–H and O–H groups in total. The van der Waals surface area contributed by atoms with Crippen molar-refractivity contribution >= 4 is 0 Å². The summed E-state index contributed by atoms with van der Waals surface area (Å²) in [6, 6.07) is 0.327. The lowest BCUT2D eigenvalue weighted by Crippen LogP contribution is -2.14. The normalized spacial score (nSPS) is 38.0. The average molecular weight is 137 g/mol. The van der Waals surface area contributed by atoms with Gasteiger partial charge in [-0.2, -0.15) is 0 Å². The van der Waals surface area contributed by atoms with Gasteiger partial charge < -0.3 is 10.7 Å². The molecule has 0 bridgehead atoms. The van der Waals surface area contributed by atoms with Crippen LogP contribution in [-0.4, -0.2) is 16.0 Å². The molecule has 2 atom stereocenters. The Bertz CT molecular complexity index is 229. The van der Waals surface area contributed by atoms with E-state index in [0.717, 1.165) is 6.42 Å². The van der Waals surface area contributed by atoms with Gasteiger partial charge in [0.15, 0.2) is 0 Å². The summed E-state index contributed by atoms with van der Waals surface area (Å²) < 4.78 is 0. The van der Waals surface area contributed by atoms with Gasteiger partial charge in [-0.25, -0.2) is 4.98 Å². The van der Waals surface area contributed by atoms with Crippen molar-refractivity contribution in [2.45, 2.75) is 24.8 Å². The van der Waals surface area contributed by atoms with Crippen molar-refractivity contribution in [1.82, 2.24) is 9.97 Å². The van der Waals surface area contributed by atoms with Crippen molar-refractivity contribution in [3.63, 3.8) is 0 Å². The third-order valence-electron chi connectivity index (χ3n) is 2.42. The van der Waals surface area contributed by atoms with Gasteiger partial charge >= 0.3 is 0 Å². The summed E-state index contributed by atoms with van der Waals surface area (Å²) in [5, 5.41) is 0. The Balaban J connectivity index is 2.30. The van der Waals surface area contributed by atoms with Crippen molar-refractivity contribution < 1.29 is 0 Å². The Labute approximate surface area is 59.7 Å². The molecule has 1 aliphatic rings. The molecule has 0 aliphatic heterocycles. The van der Waals surface area contributed by atoms with Crippen LogP contribution >= 0.6 is 0 Å². The summed E-state index contributed by atoms with van der Waals surface area (Å²) in [7, 11) is 0. The minimum Gasteiger partial charge on any atom is -0.348 e. The zero-order chi connectivity index (χ0) is 7.19. The number of hydrogen-bond acceptors (Lipinski definition) is 2. The number of rotatable bonds is 1. The van der Waals surface area contributed by atoms with Gasteiger partial charge in [0.1, 0.15) is 0 Å². The van der Waals surface area contributed by atoms with E-state index in [4.69, 9.17) is 5.73 Å². The smallest absolute Gasteiger partial charge is 0.0921 e. The second-order valence-electron chi connectivity index (χ2n) is 3.19. The minimum absolute atomic E-state index is 0.191. The average Bonchev–Trinajstić information content (AvgIpc) is 2.35. The standard InChI is InChI=1S/C7H11N3/c1-7(2-5(7)8)6-3-9-4-10-6/h3-5H,2,8H2,1H3,(H,9,10)/t5-,7-/m0/s1. The monoisotopic (exact) mass is 137 g/mol. The molecule has 3 heteroatoms. The van der Waals surface area contributed by atoms with E-state index >= 15 is 0 Å². The van der Waals surface area contributed by atoms with Crippen molar-refractivity contribution in [1.29, 1.82) is 0 Å². The number of imidazole rings is 1. The van der Waals surface area contributed by atoms with E-state index in [1.165, 1.54) is 5.69 Å². The molecular weight excluding hydrogens is 126 g/mol. The van der Waals surface area contributed by atoms with Gasteiger partial charge in [0, 0.05) is 23.3 Å². The molecule has 0 unspecified atom stereocenters. The minimum atomic E-state index is 0.191. The van der Waals surface area contributed by atoms with E-state index in [0.29, 0.717) is 6.04 Å². The highest BCUT2D eigenvalue weighted by Crippen LogP contribution is 2.45. The highest BCUT2D eigenvalue weighted by molar-refractivity contribution is 5.26. The lowest BCUT2D eigenvalue weighted by molar-refractivity contribution is 0.716. The Hall–Kier alpha value is -0.830. The summed E-state index contributed by atoms with van der Waals surface area (Å²) in [6.07, 6.45) is 4.63. The summed E-state index contributed by atoms with van der Waals surface area (Å²) in [6.45, 7) is 2.16. The lowest BCUT2D eigenvalue weighted by atomic mass is 10.1. The maximum absolute atomic E-state index is 5.74. The predicted octanol–water partition coefficient (Wildman–Crippen LogP) is 0.398. The van der Waals surface area contributed by atoms with Crippen LogP contribution in [-0.2, 0) is 5.41 Å². The third kappa shape index (κ3) is 0.609. The molecule has 1 aromatic heterocycles. The van der Waals surface area contributed by atoms with E-state index in [2.05, 4.69) is 16.9 Å². The number of nitrogens with one attached hydrogen (secondary N) is 1. The van der Waals surface area contributed by atoms with Crippen LogP contribution in [0.15, 0.2) is 12.5 Å². The van der Waals surface area contributed by atoms with Gasteiger partial charge in [0.25, 0.3) is 0 Å². The highest BCUT2D eigenvalue weighted by atomic mass is 14.9. The van der Waals surface area contributed by atoms with Crippen molar-refractivity contribution in [3.05, 3.63) is 18.2 Å². The molecule has 1 heterocycles. The Morgan fingerprint density at radius 2 is 2.60 bits per heavy atom. The molecule has 0 saturated heterocycles. The fourth-order valence-electron chi connectivity index (χ4n) is 1.28. The molecule has 1 fully saturated rings. The van der Waals surface area contributed by atoms with Crippen LogP contribution in [0.25, 0.3) is 0 Å². The number of aromatic amines is 1. The topological polar surface area (TPSA) is 54.7 Å². The molecule has 0 radical (unpaired) electrons. The number of hydrogen-bond donors (Lipinski definition) is 2. The molecule has 1 aromatic rings. The molecule has 10 heavy (non-hydrogen) atoms. The summed E-state index contributed by atoms with van der Waals surface area (Å²) in [4.78, 5) is 7.03. The van der Waals surface area contributed by atoms with E-state index in [9.17, 15) is 0 Å². The lowest BCUT2D eigenvalue weighted by Gasteiger charge is -2.03. The van der Waals surface area contributed by atoms with Crippen molar-refractivity contribution in [2.75, 3.05) is 0 Å². The summed E-state index contributed by atoms with van der Waals surface area (Å²) >= 11 is 0. The van der Waals surface area contributed by atoms with Crippen LogP contribution in [0.2, 0.25) is 0 Å². The van der Waals surface area contributed by atoms with Crippen LogP contribution < -0.4 is 5.73 Å². The third-order valence-corrected chi connectivity index (χ3v) is 2.42. The fraction of sp³-hybridized carbons (Fsp3) is 0.571. The summed E-state index contributed by atoms with van der Waals surface area (Å²) in [5.74, 6) is 0. The van der Waals surface area contributed by atoms with Crippen LogP contribution in [0.5, 0.6) is 0 Å². The first-order valence-electron chi connectivity index (χ1n) is 3.48. The van der Waals surface area contributed by atoms with Crippen LogP contribution in [0.1, 0.15) is 19.0 Å². The number of H-pyrrole nitrogens is 1. The Morgan fingerprint density at radius 3 is 3.00 bits per heavy atom. The first-order chi connectivity index (χ1) is 4.73. The molecule has 2 rings (SSSR count). The van der Waals surface area contributed by atoms with Crippen molar-refractivity contribution in [3.8, 4) is 0 Å². The number of nitrogens with two attached hydrogens (primary N) is 1. The molecular formula is C7H11N3. The number of aromatic nitrogens is 2. The van der Waals surface area contributed by atoms with Gasteiger partial charge in [-0.1, -0.05) is 6.92 Å². The largest absolute Gasteiger partial charge is 0.348 e. The first kappa shape index (κ1) is 5.92. The first-order valence-corrected chi connectivity index (χ1v) is 3.48. The quantitative estimate of drug-likeness (QED) is 0.588. The maximum atomic E-state index is 5.74. The highest BCUT2D eigenvalue weighted by Gasteiger charge is 2.49. The predicted molar refractivity (Wildman–Crippen MR) is 38.5 cm³/mol. The second-order valence-corrected chi connectivity index (χ2v) is 3.19. The van der Waals surface area contributed by atoms with Gasteiger partial charge in [-0.15, -0.1) is 0 Å². The summed E-state index contributed by atoms with van der Waals surface area (Å²) in [5.41, 5.74) is 7.10. The second kappa shape index (κ2) is 1.61. The molecule has 0 aromatic carbocycles. The van der Waals surface area contributed by atoms with Crippen molar-refractivity contribution in [2.24, 2.45) is 5.73 Å². The Morgan fingerprint density at radius 1 is 1.90 bits per heavy atom.